The molecule has 1 fully saturated rings. The van der Waals surface area contributed by atoms with Crippen LogP contribution in [0, 0.1) is 0 Å². The molecule has 1 nitrogen and oxygen atoms in total. The molecule has 16 heavy (non-hydrogen) atoms. The second-order valence-corrected chi connectivity index (χ2v) is 5.29. The fourth-order valence-corrected chi connectivity index (χ4v) is 2.79. The molecule has 0 unspecified atom stereocenters. The molecule has 0 aromatic heterocycles. The molecule has 0 spiro atoms. The third-order valence-electron chi connectivity index (χ3n) is 2.71. The highest BCUT2D eigenvalue weighted by atomic mass is 32.2. The van der Waals surface area contributed by atoms with Gasteiger partial charge < -0.3 is 4.74 Å². The largest absolute Gasteiger partial charge is 0.381 e. The Morgan fingerprint density at radius 2 is 1.94 bits per heavy atom. The molecule has 1 aliphatic heterocycles. The van der Waals surface area contributed by atoms with E-state index in [9.17, 15) is 0 Å². The van der Waals surface area contributed by atoms with Gasteiger partial charge in [-0.05, 0) is 18.4 Å². The van der Waals surface area contributed by atoms with Crippen LogP contribution in [0.25, 0.3) is 6.08 Å². The number of thioether (sulfide) groups is 1. The van der Waals surface area contributed by atoms with Crippen molar-refractivity contribution >= 4 is 17.8 Å². The van der Waals surface area contributed by atoms with E-state index in [-0.39, 0.29) is 0 Å². The summed E-state index contributed by atoms with van der Waals surface area (Å²) in [6, 6.07) is 10.5. The Hall–Kier alpha value is -0.730. The maximum Gasteiger partial charge on any atom is 0.0476 e. The average molecular weight is 234 g/mol. The first-order valence-corrected chi connectivity index (χ1v) is 6.91. The highest BCUT2D eigenvalue weighted by Crippen LogP contribution is 2.22. The number of rotatable bonds is 4. The van der Waals surface area contributed by atoms with E-state index in [0.717, 1.165) is 24.2 Å². The lowest BCUT2D eigenvalue weighted by molar-refractivity contribution is 0.100. The van der Waals surface area contributed by atoms with Crippen molar-refractivity contribution in [1.29, 1.82) is 0 Å². The second kappa shape index (κ2) is 6.77. The van der Waals surface area contributed by atoms with E-state index in [2.05, 4.69) is 36.4 Å². The normalized spacial score (nSPS) is 18.0. The molecule has 0 amide bonds. The molecule has 1 heterocycles. The lowest BCUT2D eigenvalue weighted by atomic mass is 10.2. The number of benzene rings is 1. The lowest BCUT2D eigenvalue weighted by Crippen LogP contribution is -2.17. The summed E-state index contributed by atoms with van der Waals surface area (Å²) < 4.78 is 5.34. The number of hydrogen-bond donors (Lipinski definition) is 0. The predicted molar refractivity (Wildman–Crippen MR) is 71.8 cm³/mol. The zero-order valence-electron chi connectivity index (χ0n) is 9.47. The van der Waals surface area contributed by atoms with Crippen molar-refractivity contribution in [2.75, 3.05) is 19.0 Å². The van der Waals surface area contributed by atoms with Crippen molar-refractivity contribution < 1.29 is 4.74 Å². The molecule has 0 saturated carbocycles. The van der Waals surface area contributed by atoms with Crippen LogP contribution in [-0.4, -0.2) is 24.2 Å². The van der Waals surface area contributed by atoms with Crippen LogP contribution in [-0.2, 0) is 4.74 Å². The highest BCUT2D eigenvalue weighted by molar-refractivity contribution is 8.00. The van der Waals surface area contributed by atoms with E-state index >= 15 is 0 Å². The van der Waals surface area contributed by atoms with E-state index in [4.69, 9.17) is 4.74 Å². The summed E-state index contributed by atoms with van der Waals surface area (Å²) in [7, 11) is 0. The third-order valence-corrected chi connectivity index (χ3v) is 4.03. The topological polar surface area (TPSA) is 9.23 Å². The third kappa shape index (κ3) is 4.03. The Balaban J connectivity index is 1.69. The van der Waals surface area contributed by atoms with Gasteiger partial charge in [-0.1, -0.05) is 42.5 Å². The van der Waals surface area contributed by atoms with Crippen LogP contribution in [0.15, 0.2) is 36.4 Å². The van der Waals surface area contributed by atoms with Gasteiger partial charge in [-0.25, -0.2) is 0 Å². The van der Waals surface area contributed by atoms with Gasteiger partial charge in [0.1, 0.15) is 0 Å². The maximum atomic E-state index is 5.34. The fourth-order valence-electron chi connectivity index (χ4n) is 1.78. The lowest BCUT2D eigenvalue weighted by Gasteiger charge is -2.20. The zero-order chi connectivity index (χ0) is 11.1. The standard InChI is InChI=1S/C14H18OS/c1-2-5-13(6-3-1)7-4-12-16-14-8-10-15-11-9-14/h1-7,14H,8-12H2. The Morgan fingerprint density at radius 3 is 2.69 bits per heavy atom. The van der Waals surface area contributed by atoms with Crippen LogP contribution in [0.5, 0.6) is 0 Å². The highest BCUT2D eigenvalue weighted by Gasteiger charge is 2.12. The molecule has 0 aliphatic carbocycles. The number of hydrogen-bond acceptors (Lipinski definition) is 2. The van der Waals surface area contributed by atoms with Gasteiger partial charge in [-0.15, -0.1) is 0 Å². The summed E-state index contributed by atoms with van der Waals surface area (Å²) in [5, 5.41) is 0.800. The minimum absolute atomic E-state index is 0.800. The Morgan fingerprint density at radius 1 is 1.19 bits per heavy atom. The monoisotopic (exact) mass is 234 g/mol. The van der Waals surface area contributed by atoms with E-state index < -0.39 is 0 Å². The molecule has 0 bridgehead atoms. The van der Waals surface area contributed by atoms with Crippen LogP contribution in [0.4, 0.5) is 0 Å². The quantitative estimate of drug-likeness (QED) is 0.787. The van der Waals surface area contributed by atoms with E-state index in [1.807, 2.05) is 17.8 Å². The van der Waals surface area contributed by atoms with E-state index in [0.29, 0.717) is 0 Å². The summed E-state index contributed by atoms with van der Waals surface area (Å²) in [4.78, 5) is 0. The molecule has 86 valence electrons. The second-order valence-electron chi connectivity index (χ2n) is 3.96. The molecule has 1 aromatic rings. The Bertz CT molecular complexity index is 315. The van der Waals surface area contributed by atoms with Crippen molar-refractivity contribution in [2.24, 2.45) is 0 Å². The molecule has 0 radical (unpaired) electrons. The van der Waals surface area contributed by atoms with Crippen LogP contribution in [0.3, 0.4) is 0 Å². The molecular formula is C14H18OS. The molecule has 1 aliphatic rings. The van der Waals surface area contributed by atoms with Gasteiger partial charge in [0.2, 0.25) is 0 Å². The van der Waals surface area contributed by atoms with Crippen molar-refractivity contribution in [3.05, 3.63) is 42.0 Å². The molecule has 0 atom stereocenters. The summed E-state index contributed by atoms with van der Waals surface area (Å²) in [6.07, 6.45) is 6.88. The van der Waals surface area contributed by atoms with Gasteiger partial charge in [0.25, 0.3) is 0 Å². The summed E-state index contributed by atoms with van der Waals surface area (Å²) in [5.74, 6) is 1.11. The average Bonchev–Trinajstić information content (AvgIpc) is 2.37. The smallest absolute Gasteiger partial charge is 0.0476 e. The fraction of sp³-hybridized carbons (Fsp3) is 0.429. The molecule has 1 aromatic carbocycles. The summed E-state index contributed by atoms with van der Waals surface area (Å²) >= 11 is 2.05. The van der Waals surface area contributed by atoms with Crippen molar-refractivity contribution in [3.63, 3.8) is 0 Å². The van der Waals surface area contributed by atoms with Crippen LogP contribution < -0.4 is 0 Å². The molecule has 1 saturated heterocycles. The Kier molecular flexibility index (Phi) is 4.97. The first kappa shape index (κ1) is 11.7. The molecule has 2 rings (SSSR count). The van der Waals surface area contributed by atoms with Gasteiger partial charge in [-0.3, -0.25) is 0 Å². The minimum atomic E-state index is 0.800. The van der Waals surface area contributed by atoms with Crippen molar-refractivity contribution in [3.8, 4) is 0 Å². The van der Waals surface area contributed by atoms with Gasteiger partial charge >= 0.3 is 0 Å². The van der Waals surface area contributed by atoms with Crippen LogP contribution >= 0.6 is 11.8 Å². The van der Waals surface area contributed by atoms with Crippen LogP contribution in [0.2, 0.25) is 0 Å². The molecular weight excluding hydrogens is 216 g/mol. The summed E-state index contributed by atoms with van der Waals surface area (Å²) in [5.41, 5.74) is 1.29. The van der Waals surface area contributed by atoms with Gasteiger partial charge in [-0.2, -0.15) is 11.8 Å². The van der Waals surface area contributed by atoms with Gasteiger partial charge in [0.05, 0.1) is 0 Å². The zero-order valence-corrected chi connectivity index (χ0v) is 10.3. The van der Waals surface area contributed by atoms with Crippen molar-refractivity contribution in [2.45, 2.75) is 18.1 Å². The first-order chi connectivity index (χ1) is 7.95. The van der Waals surface area contributed by atoms with E-state index in [1.165, 1.54) is 18.4 Å². The number of ether oxygens (including phenoxy) is 1. The Labute approximate surface area is 102 Å². The van der Waals surface area contributed by atoms with Gasteiger partial charge in [0.15, 0.2) is 0 Å². The predicted octanol–water partition coefficient (Wildman–Crippen LogP) is 3.61. The summed E-state index contributed by atoms with van der Waals surface area (Å²) in [6.45, 7) is 1.89. The molecule has 2 heteroatoms. The van der Waals surface area contributed by atoms with Crippen molar-refractivity contribution in [1.82, 2.24) is 0 Å². The maximum absolute atomic E-state index is 5.34. The van der Waals surface area contributed by atoms with Crippen LogP contribution in [0.1, 0.15) is 18.4 Å². The van der Waals surface area contributed by atoms with E-state index in [1.54, 1.807) is 0 Å². The minimum Gasteiger partial charge on any atom is -0.381 e. The van der Waals surface area contributed by atoms with Gasteiger partial charge in [0, 0.05) is 24.2 Å². The molecule has 0 N–H and O–H groups in total. The first-order valence-electron chi connectivity index (χ1n) is 5.86. The SMILES string of the molecule is C(=Cc1ccccc1)CSC1CCOCC1.